The highest BCUT2D eigenvalue weighted by Gasteiger charge is 2.31. The maximum absolute atomic E-state index is 13.6. The van der Waals surface area contributed by atoms with Gasteiger partial charge in [-0.05, 0) is 60.3 Å². The molecule has 0 aliphatic carbocycles. The van der Waals surface area contributed by atoms with E-state index in [-0.39, 0.29) is 17.0 Å². The van der Waals surface area contributed by atoms with Gasteiger partial charge in [-0.15, -0.1) is 11.3 Å². The van der Waals surface area contributed by atoms with E-state index >= 15 is 0 Å². The van der Waals surface area contributed by atoms with Crippen LogP contribution in [-0.4, -0.2) is 28.0 Å². The van der Waals surface area contributed by atoms with Crippen molar-refractivity contribution in [3.8, 4) is 5.75 Å². The van der Waals surface area contributed by atoms with Gasteiger partial charge in [0.2, 0.25) is 0 Å². The lowest BCUT2D eigenvalue weighted by Gasteiger charge is -2.18. The molecule has 8 heteroatoms. The van der Waals surface area contributed by atoms with Gasteiger partial charge in [0.1, 0.15) is 16.8 Å². The fourth-order valence-corrected chi connectivity index (χ4v) is 5.72. The second kappa shape index (κ2) is 8.75. The Morgan fingerprint density at radius 3 is 2.62 bits per heavy atom. The van der Waals surface area contributed by atoms with Crippen molar-refractivity contribution in [2.24, 2.45) is 0 Å². The highest BCUT2D eigenvalue weighted by molar-refractivity contribution is 7.91. The predicted octanol–water partition coefficient (Wildman–Crippen LogP) is 4.15. The molecule has 0 aliphatic rings. The molecular formula is C21H20FNO4S2. The average molecular weight is 434 g/mol. The summed E-state index contributed by atoms with van der Waals surface area (Å²) in [5.74, 6) is -0.347. The summed E-state index contributed by atoms with van der Waals surface area (Å²) in [7, 11) is -2.35. The molecule has 152 valence electrons. The maximum atomic E-state index is 13.6. The third kappa shape index (κ3) is 4.65. The number of hydrogen-bond acceptors (Lipinski definition) is 5. The van der Waals surface area contributed by atoms with E-state index < -0.39 is 26.8 Å². The Labute approximate surface area is 173 Å². The number of carbonyl (C=O) groups excluding carboxylic acids is 1. The first-order chi connectivity index (χ1) is 13.8. The number of sulfone groups is 1. The minimum absolute atomic E-state index is 0.0189. The number of thiophene rings is 1. The van der Waals surface area contributed by atoms with E-state index in [4.69, 9.17) is 4.74 Å². The number of amides is 1. The van der Waals surface area contributed by atoms with Crippen molar-refractivity contribution in [3.05, 3.63) is 81.8 Å². The second-order valence-corrected chi connectivity index (χ2v) is 9.51. The van der Waals surface area contributed by atoms with Gasteiger partial charge in [-0.3, -0.25) is 4.79 Å². The number of benzene rings is 2. The van der Waals surface area contributed by atoms with Gasteiger partial charge in [0.25, 0.3) is 5.91 Å². The topological polar surface area (TPSA) is 72.5 Å². The Morgan fingerprint density at radius 1 is 1.17 bits per heavy atom. The van der Waals surface area contributed by atoms with Gasteiger partial charge >= 0.3 is 0 Å². The molecular weight excluding hydrogens is 413 g/mol. The van der Waals surface area contributed by atoms with E-state index in [1.54, 1.807) is 41.8 Å². The van der Waals surface area contributed by atoms with Gasteiger partial charge < -0.3 is 10.1 Å². The summed E-state index contributed by atoms with van der Waals surface area (Å²) in [6.07, 6.45) is 0. The summed E-state index contributed by atoms with van der Waals surface area (Å²) in [5.41, 5.74) is 0.612. The van der Waals surface area contributed by atoms with Crippen molar-refractivity contribution in [1.82, 2.24) is 5.32 Å². The molecule has 0 bridgehead atoms. The molecule has 0 saturated heterocycles. The normalized spacial score (nSPS) is 12.4. The number of halogens is 1. The largest absolute Gasteiger partial charge is 0.497 e. The number of aryl methyl sites for hydroxylation is 1. The predicted molar refractivity (Wildman–Crippen MR) is 111 cm³/mol. The van der Waals surface area contributed by atoms with Gasteiger partial charge in [-0.1, -0.05) is 12.1 Å². The second-order valence-electron chi connectivity index (χ2n) is 6.40. The molecule has 3 aromatic rings. The molecule has 0 unspecified atom stereocenters. The molecule has 3 rings (SSSR count). The molecule has 0 saturated carbocycles. The SMILES string of the molecule is COc1cccc(C(=O)NC[C@@H](c2cccs2)S(=O)(=O)c2ccc(F)c(C)c2)c1. The van der Waals surface area contributed by atoms with Gasteiger partial charge in [0.05, 0.1) is 12.0 Å². The van der Waals surface area contributed by atoms with Crippen LogP contribution in [0.3, 0.4) is 0 Å². The van der Waals surface area contributed by atoms with E-state index in [2.05, 4.69) is 5.32 Å². The highest BCUT2D eigenvalue weighted by atomic mass is 32.2. The Kier molecular flexibility index (Phi) is 6.34. The minimum atomic E-state index is -3.85. The van der Waals surface area contributed by atoms with Crippen molar-refractivity contribution in [1.29, 1.82) is 0 Å². The lowest BCUT2D eigenvalue weighted by molar-refractivity contribution is 0.0953. The summed E-state index contributed by atoms with van der Waals surface area (Å²) in [6.45, 7) is 1.40. The average Bonchev–Trinajstić information content (AvgIpc) is 3.24. The van der Waals surface area contributed by atoms with Crippen LogP contribution in [0.25, 0.3) is 0 Å². The fourth-order valence-electron chi connectivity index (χ4n) is 2.85. The minimum Gasteiger partial charge on any atom is -0.497 e. The number of ether oxygens (including phenoxy) is 1. The van der Waals surface area contributed by atoms with Crippen LogP contribution >= 0.6 is 11.3 Å². The first kappa shape index (κ1) is 21.0. The molecule has 0 spiro atoms. The molecule has 1 N–H and O–H groups in total. The summed E-state index contributed by atoms with van der Waals surface area (Å²) >= 11 is 1.29. The third-order valence-corrected chi connectivity index (χ3v) is 7.69. The Hall–Kier alpha value is -2.71. The number of rotatable bonds is 7. The summed E-state index contributed by atoms with van der Waals surface area (Å²) in [5, 5.41) is 3.49. The van der Waals surface area contributed by atoms with Crippen LogP contribution in [0.2, 0.25) is 0 Å². The van der Waals surface area contributed by atoms with Crippen molar-refractivity contribution >= 4 is 27.1 Å². The number of nitrogens with one attached hydrogen (secondary N) is 1. The van der Waals surface area contributed by atoms with E-state index in [0.717, 1.165) is 6.07 Å². The monoisotopic (exact) mass is 433 g/mol. The van der Waals surface area contributed by atoms with Gasteiger partial charge in [0, 0.05) is 17.0 Å². The van der Waals surface area contributed by atoms with Gasteiger partial charge in [-0.25, -0.2) is 12.8 Å². The van der Waals surface area contributed by atoms with E-state index in [1.807, 2.05) is 0 Å². The molecule has 2 aromatic carbocycles. The van der Waals surface area contributed by atoms with Gasteiger partial charge in [0.15, 0.2) is 9.84 Å². The number of methoxy groups -OCH3 is 1. The summed E-state index contributed by atoms with van der Waals surface area (Å²) in [4.78, 5) is 13.2. The van der Waals surface area contributed by atoms with Crippen molar-refractivity contribution in [3.63, 3.8) is 0 Å². The van der Waals surface area contributed by atoms with Crippen LogP contribution < -0.4 is 10.1 Å². The molecule has 1 atom stereocenters. The van der Waals surface area contributed by atoms with Crippen LogP contribution in [0.4, 0.5) is 4.39 Å². The number of hydrogen-bond donors (Lipinski definition) is 1. The Bertz CT molecular complexity index is 1110. The molecule has 5 nitrogen and oxygen atoms in total. The summed E-state index contributed by atoms with van der Waals surface area (Å²) in [6, 6.07) is 13.8. The van der Waals surface area contributed by atoms with E-state index in [9.17, 15) is 17.6 Å². The quantitative estimate of drug-likeness (QED) is 0.568. The molecule has 29 heavy (non-hydrogen) atoms. The van der Waals surface area contributed by atoms with E-state index in [0.29, 0.717) is 16.2 Å². The van der Waals surface area contributed by atoms with Crippen LogP contribution in [0.1, 0.15) is 26.0 Å². The smallest absolute Gasteiger partial charge is 0.251 e. The lowest BCUT2D eigenvalue weighted by atomic mass is 10.2. The Balaban J connectivity index is 1.88. The zero-order valence-electron chi connectivity index (χ0n) is 15.9. The maximum Gasteiger partial charge on any atom is 0.251 e. The standard InChI is InChI=1S/C21H20FNO4S2/c1-14-11-17(8-9-18(14)22)29(25,26)20(19-7-4-10-28-19)13-23-21(24)15-5-3-6-16(12-15)27-2/h3-12,20H,13H2,1-2H3,(H,23,24)/t20-/m0/s1. The molecule has 0 radical (unpaired) electrons. The molecule has 1 aromatic heterocycles. The zero-order chi connectivity index (χ0) is 21.0. The highest BCUT2D eigenvalue weighted by Crippen LogP contribution is 2.32. The first-order valence-electron chi connectivity index (χ1n) is 8.78. The third-order valence-electron chi connectivity index (χ3n) is 4.47. The molecule has 0 fully saturated rings. The zero-order valence-corrected chi connectivity index (χ0v) is 17.5. The number of carbonyl (C=O) groups is 1. The van der Waals surface area contributed by atoms with E-state index in [1.165, 1.54) is 37.5 Å². The van der Waals surface area contributed by atoms with Crippen molar-refractivity contribution in [2.75, 3.05) is 13.7 Å². The van der Waals surface area contributed by atoms with Gasteiger partial charge in [-0.2, -0.15) is 0 Å². The fraction of sp³-hybridized carbons (Fsp3) is 0.190. The molecule has 0 aliphatic heterocycles. The Morgan fingerprint density at radius 2 is 1.97 bits per heavy atom. The van der Waals surface area contributed by atoms with Crippen LogP contribution in [-0.2, 0) is 9.84 Å². The van der Waals surface area contributed by atoms with Crippen LogP contribution in [0, 0.1) is 12.7 Å². The van der Waals surface area contributed by atoms with Crippen molar-refractivity contribution < 1.29 is 22.3 Å². The summed E-state index contributed by atoms with van der Waals surface area (Å²) < 4.78 is 45.2. The molecule has 1 amide bonds. The molecule has 1 heterocycles. The first-order valence-corrected chi connectivity index (χ1v) is 11.2. The van der Waals surface area contributed by atoms with Crippen LogP contribution in [0.15, 0.2) is 64.9 Å². The van der Waals surface area contributed by atoms with Crippen molar-refractivity contribution in [2.45, 2.75) is 17.1 Å². The van der Waals surface area contributed by atoms with Crippen LogP contribution in [0.5, 0.6) is 5.75 Å². The lowest BCUT2D eigenvalue weighted by Crippen LogP contribution is -2.31.